The highest BCUT2D eigenvalue weighted by Crippen LogP contribution is 2.36. The summed E-state index contributed by atoms with van der Waals surface area (Å²) in [5.74, 6) is 0.664. The molecule has 0 radical (unpaired) electrons. The molecule has 0 saturated carbocycles. The average Bonchev–Trinajstić information content (AvgIpc) is 3.18. The van der Waals surface area contributed by atoms with Crippen LogP contribution in [-0.4, -0.2) is 35.0 Å². The van der Waals surface area contributed by atoms with Gasteiger partial charge in [0.25, 0.3) is 0 Å². The monoisotopic (exact) mass is 429 g/mol. The zero-order valence-electron chi connectivity index (χ0n) is 18.8. The van der Waals surface area contributed by atoms with Gasteiger partial charge in [-0.1, -0.05) is 36.4 Å². The van der Waals surface area contributed by atoms with Crippen LogP contribution in [0, 0.1) is 5.41 Å². The summed E-state index contributed by atoms with van der Waals surface area (Å²) in [5.41, 5.74) is 9.98. The smallest absolute Gasteiger partial charge is 0.225 e. The Balaban J connectivity index is 1.48. The molecule has 0 aliphatic carbocycles. The number of hydrogen-bond acceptors (Lipinski definition) is 4. The first-order chi connectivity index (χ1) is 15.4. The van der Waals surface area contributed by atoms with E-state index in [0.29, 0.717) is 13.0 Å². The number of rotatable bonds is 8. The Bertz CT molecular complexity index is 1070. The van der Waals surface area contributed by atoms with Crippen molar-refractivity contribution >= 4 is 5.91 Å². The molecule has 1 aliphatic heterocycles. The molecule has 2 aromatic carbocycles. The van der Waals surface area contributed by atoms with Crippen LogP contribution in [0.15, 0.2) is 73.1 Å². The van der Waals surface area contributed by atoms with Gasteiger partial charge in [-0.05, 0) is 79.8 Å². The number of carbonyl (C=O) groups is 1. The van der Waals surface area contributed by atoms with E-state index in [4.69, 9.17) is 10.5 Å². The number of benzene rings is 2. The minimum Gasteiger partial charge on any atom is -0.491 e. The van der Waals surface area contributed by atoms with Crippen molar-refractivity contribution in [1.29, 1.82) is 0 Å². The lowest BCUT2D eigenvalue weighted by molar-refractivity contribution is -0.127. The van der Waals surface area contributed by atoms with Gasteiger partial charge in [-0.2, -0.15) is 0 Å². The second-order valence-electron chi connectivity index (χ2n) is 9.03. The lowest BCUT2D eigenvalue weighted by Crippen LogP contribution is -2.41. The van der Waals surface area contributed by atoms with E-state index in [1.165, 1.54) is 5.56 Å². The standard InChI is InChI=1S/C27H31N3O2/c1-20(2)32-25-8-4-6-22(16-25)18-30-14-11-27(19-30,26(28)31)17-21-5-3-7-24(15-21)23-9-12-29-13-10-23/h3-10,12-13,15-16,20H,11,14,17-19H2,1-2H3,(H2,28,31)/t27-/m0/s1. The third-order valence-corrected chi connectivity index (χ3v) is 6.12. The van der Waals surface area contributed by atoms with Crippen molar-refractivity contribution in [2.24, 2.45) is 11.1 Å². The number of hydrogen-bond donors (Lipinski definition) is 1. The number of nitrogens with two attached hydrogens (primary N) is 1. The summed E-state index contributed by atoms with van der Waals surface area (Å²) in [5, 5.41) is 0. The lowest BCUT2D eigenvalue weighted by atomic mass is 9.79. The second-order valence-corrected chi connectivity index (χ2v) is 9.03. The summed E-state index contributed by atoms with van der Waals surface area (Å²) in [6.07, 6.45) is 5.15. The van der Waals surface area contributed by atoms with Crippen LogP contribution in [0.4, 0.5) is 0 Å². The van der Waals surface area contributed by atoms with Gasteiger partial charge in [0.1, 0.15) is 5.75 Å². The summed E-state index contributed by atoms with van der Waals surface area (Å²) in [4.78, 5) is 19.0. The SMILES string of the molecule is CC(C)Oc1cccc(CN2CC[C@@](Cc3cccc(-c4ccncc4)c3)(C(N)=O)C2)c1. The van der Waals surface area contributed by atoms with E-state index < -0.39 is 5.41 Å². The molecule has 166 valence electrons. The number of aromatic nitrogens is 1. The van der Waals surface area contributed by atoms with Crippen LogP contribution in [0.3, 0.4) is 0 Å². The van der Waals surface area contributed by atoms with Crippen LogP contribution in [0.25, 0.3) is 11.1 Å². The molecule has 0 unspecified atom stereocenters. The average molecular weight is 430 g/mol. The number of amides is 1. The maximum Gasteiger partial charge on any atom is 0.225 e. The quantitative estimate of drug-likeness (QED) is 0.574. The number of pyridine rings is 1. The van der Waals surface area contributed by atoms with Crippen LogP contribution in [0.1, 0.15) is 31.4 Å². The maximum atomic E-state index is 12.6. The van der Waals surface area contributed by atoms with Crippen molar-refractivity contribution in [1.82, 2.24) is 9.88 Å². The molecule has 3 aromatic rings. The van der Waals surface area contributed by atoms with Crippen molar-refractivity contribution < 1.29 is 9.53 Å². The third-order valence-electron chi connectivity index (χ3n) is 6.12. The lowest BCUT2D eigenvalue weighted by Gasteiger charge is -2.26. The van der Waals surface area contributed by atoms with Gasteiger partial charge >= 0.3 is 0 Å². The van der Waals surface area contributed by atoms with Gasteiger partial charge in [-0.15, -0.1) is 0 Å². The third kappa shape index (κ3) is 5.17. The molecule has 5 heteroatoms. The molecule has 1 fully saturated rings. The fourth-order valence-electron chi connectivity index (χ4n) is 4.57. The van der Waals surface area contributed by atoms with Crippen molar-refractivity contribution in [2.75, 3.05) is 13.1 Å². The predicted octanol–water partition coefficient (Wildman–Crippen LogP) is 4.46. The van der Waals surface area contributed by atoms with E-state index in [1.807, 2.05) is 44.2 Å². The molecular weight excluding hydrogens is 398 g/mol. The molecule has 1 aliphatic rings. The van der Waals surface area contributed by atoms with Gasteiger partial charge < -0.3 is 10.5 Å². The number of likely N-dealkylation sites (tertiary alicyclic amines) is 1. The Hall–Kier alpha value is -3.18. The van der Waals surface area contributed by atoms with Gasteiger partial charge in [0.2, 0.25) is 5.91 Å². The van der Waals surface area contributed by atoms with E-state index in [1.54, 1.807) is 12.4 Å². The van der Waals surface area contributed by atoms with E-state index in [2.05, 4.69) is 40.2 Å². The fraction of sp³-hybridized carbons (Fsp3) is 0.333. The normalized spacial score (nSPS) is 18.7. The summed E-state index contributed by atoms with van der Waals surface area (Å²) >= 11 is 0. The second kappa shape index (κ2) is 9.53. The first-order valence-electron chi connectivity index (χ1n) is 11.2. The van der Waals surface area contributed by atoms with Crippen LogP contribution in [0.2, 0.25) is 0 Å². The number of carbonyl (C=O) groups excluding carboxylic acids is 1. The van der Waals surface area contributed by atoms with Crippen molar-refractivity contribution in [3.63, 3.8) is 0 Å². The minimum absolute atomic E-state index is 0.141. The van der Waals surface area contributed by atoms with E-state index in [-0.39, 0.29) is 12.0 Å². The molecule has 0 spiro atoms. The fourth-order valence-corrected chi connectivity index (χ4v) is 4.57. The number of ether oxygens (including phenoxy) is 1. The van der Waals surface area contributed by atoms with E-state index >= 15 is 0 Å². The van der Waals surface area contributed by atoms with E-state index in [9.17, 15) is 4.79 Å². The highest BCUT2D eigenvalue weighted by Gasteiger charge is 2.43. The summed E-state index contributed by atoms with van der Waals surface area (Å²) in [6.45, 7) is 6.34. The van der Waals surface area contributed by atoms with Crippen molar-refractivity contribution in [3.05, 3.63) is 84.2 Å². The Morgan fingerprint density at radius 2 is 1.81 bits per heavy atom. The first kappa shape index (κ1) is 22.0. The Kier molecular flexibility index (Phi) is 6.56. The van der Waals surface area contributed by atoms with Gasteiger partial charge in [0.15, 0.2) is 0 Å². The summed E-state index contributed by atoms with van der Waals surface area (Å²) in [7, 11) is 0. The largest absolute Gasteiger partial charge is 0.491 e. The van der Waals surface area contributed by atoms with Crippen LogP contribution in [0.5, 0.6) is 5.75 Å². The van der Waals surface area contributed by atoms with Crippen molar-refractivity contribution in [2.45, 2.75) is 39.3 Å². The minimum atomic E-state index is -0.553. The highest BCUT2D eigenvalue weighted by atomic mass is 16.5. The molecule has 1 amide bonds. The predicted molar refractivity (Wildman–Crippen MR) is 127 cm³/mol. The first-order valence-corrected chi connectivity index (χ1v) is 11.2. The molecule has 32 heavy (non-hydrogen) atoms. The zero-order chi connectivity index (χ0) is 22.6. The van der Waals surface area contributed by atoms with Crippen LogP contribution >= 0.6 is 0 Å². The van der Waals surface area contributed by atoms with Gasteiger partial charge in [0.05, 0.1) is 11.5 Å². The molecule has 1 saturated heterocycles. The molecule has 4 rings (SSSR count). The maximum absolute atomic E-state index is 12.6. The summed E-state index contributed by atoms with van der Waals surface area (Å²) < 4.78 is 5.83. The van der Waals surface area contributed by atoms with Crippen molar-refractivity contribution in [3.8, 4) is 16.9 Å². The molecule has 2 heterocycles. The molecule has 2 N–H and O–H groups in total. The Labute approximate surface area is 190 Å². The Morgan fingerprint density at radius 3 is 2.56 bits per heavy atom. The number of nitrogens with zero attached hydrogens (tertiary/aromatic N) is 2. The molecule has 0 bridgehead atoms. The molecule has 1 aromatic heterocycles. The van der Waals surface area contributed by atoms with Gasteiger partial charge in [-0.3, -0.25) is 14.7 Å². The topological polar surface area (TPSA) is 68.4 Å². The van der Waals surface area contributed by atoms with E-state index in [0.717, 1.165) is 42.0 Å². The molecule has 5 nitrogen and oxygen atoms in total. The molecular formula is C27H31N3O2. The zero-order valence-corrected chi connectivity index (χ0v) is 18.8. The van der Waals surface area contributed by atoms with Gasteiger partial charge in [-0.25, -0.2) is 0 Å². The highest BCUT2D eigenvalue weighted by molar-refractivity contribution is 5.82. The number of primary amides is 1. The molecule has 1 atom stereocenters. The summed E-state index contributed by atoms with van der Waals surface area (Å²) in [6, 6.07) is 20.6. The van der Waals surface area contributed by atoms with Crippen LogP contribution in [-0.2, 0) is 17.8 Å². The Morgan fingerprint density at radius 1 is 1.06 bits per heavy atom. The van der Waals surface area contributed by atoms with Gasteiger partial charge in [0, 0.05) is 25.5 Å². The van der Waals surface area contributed by atoms with Crippen LogP contribution < -0.4 is 10.5 Å².